The monoisotopic (exact) mass is 375 g/mol. The molecule has 0 spiro atoms. The molecule has 4 atom stereocenters. The number of amides is 1. The SMILES string of the molecule is COC1(c2ccnc(C(N)=O)c2)C(C)CCCC1CN(C)CC1CCCO1. The number of likely N-dealkylation sites (N-methyl/N-ethyl adjacent to an activating group) is 1. The van der Waals surface area contributed by atoms with Crippen LogP contribution in [0.5, 0.6) is 0 Å². The Morgan fingerprint density at radius 2 is 2.19 bits per heavy atom. The van der Waals surface area contributed by atoms with Gasteiger partial charge >= 0.3 is 0 Å². The van der Waals surface area contributed by atoms with Gasteiger partial charge in [-0.25, -0.2) is 0 Å². The Labute approximate surface area is 162 Å². The number of primary amides is 1. The predicted molar refractivity (Wildman–Crippen MR) is 104 cm³/mol. The van der Waals surface area contributed by atoms with Crippen LogP contribution in [0.1, 0.15) is 55.1 Å². The first-order chi connectivity index (χ1) is 13.0. The molecule has 1 aliphatic carbocycles. The summed E-state index contributed by atoms with van der Waals surface area (Å²) in [5.74, 6) is 0.180. The van der Waals surface area contributed by atoms with Gasteiger partial charge in [0.25, 0.3) is 5.91 Å². The summed E-state index contributed by atoms with van der Waals surface area (Å²) in [6.45, 7) is 5.02. The fraction of sp³-hybridized carbons (Fsp3) is 0.714. The molecule has 2 N–H and O–H groups in total. The van der Waals surface area contributed by atoms with Gasteiger partial charge in [-0.15, -0.1) is 0 Å². The van der Waals surface area contributed by atoms with Crippen molar-refractivity contribution in [2.45, 2.75) is 50.7 Å². The Bertz CT molecular complexity index is 647. The molecule has 4 unspecified atom stereocenters. The Morgan fingerprint density at radius 3 is 2.85 bits per heavy atom. The smallest absolute Gasteiger partial charge is 0.267 e. The fourth-order valence-corrected chi connectivity index (χ4v) is 5.13. The number of nitrogens with two attached hydrogens (primary N) is 1. The molecule has 6 nitrogen and oxygen atoms in total. The average molecular weight is 376 g/mol. The molecule has 3 rings (SSSR count). The molecule has 0 aromatic carbocycles. The van der Waals surface area contributed by atoms with Gasteiger partial charge in [-0.05, 0) is 56.3 Å². The topological polar surface area (TPSA) is 77.7 Å². The number of hydrogen-bond acceptors (Lipinski definition) is 5. The highest BCUT2D eigenvalue weighted by atomic mass is 16.5. The van der Waals surface area contributed by atoms with Gasteiger partial charge in [-0.3, -0.25) is 9.78 Å². The van der Waals surface area contributed by atoms with Gasteiger partial charge in [0.1, 0.15) is 5.69 Å². The molecule has 1 saturated heterocycles. The molecule has 1 aromatic rings. The van der Waals surface area contributed by atoms with Crippen molar-refractivity contribution in [1.29, 1.82) is 0 Å². The molecule has 2 aliphatic rings. The number of methoxy groups -OCH3 is 1. The first-order valence-corrected chi connectivity index (χ1v) is 10.1. The van der Waals surface area contributed by atoms with Crippen molar-refractivity contribution in [2.75, 3.05) is 33.9 Å². The van der Waals surface area contributed by atoms with Crippen molar-refractivity contribution in [3.63, 3.8) is 0 Å². The summed E-state index contributed by atoms with van der Waals surface area (Å²) in [5, 5.41) is 0. The lowest BCUT2D eigenvalue weighted by Gasteiger charge is -2.49. The van der Waals surface area contributed by atoms with Crippen LogP contribution in [0.3, 0.4) is 0 Å². The van der Waals surface area contributed by atoms with Crippen LogP contribution >= 0.6 is 0 Å². The number of carbonyl (C=O) groups excluding carboxylic acids is 1. The maximum absolute atomic E-state index is 11.7. The Kier molecular flexibility index (Phi) is 6.50. The molecule has 150 valence electrons. The summed E-state index contributed by atoms with van der Waals surface area (Å²) in [7, 11) is 3.96. The van der Waals surface area contributed by atoms with Crippen LogP contribution in [0.15, 0.2) is 18.3 Å². The maximum atomic E-state index is 11.7. The number of carbonyl (C=O) groups is 1. The van der Waals surface area contributed by atoms with E-state index in [1.165, 1.54) is 6.42 Å². The quantitative estimate of drug-likeness (QED) is 0.792. The van der Waals surface area contributed by atoms with E-state index in [0.717, 1.165) is 50.9 Å². The van der Waals surface area contributed by atoms with E-state index in [4.69, 9.17) is 15.2 Å². The molecule has 2 heterocycles. The van der Waals surface area contributed by atoms with E-state index in [1.807, 2.05) is 12.1 Å². The molecular weight excluding hydrogens is 342 g/mol. The second kappa shape index (κ2) is 8.67. The lowest BCUT2D eigenvalue weighted by atomic mass is 9.65. The van der Waals surface area contributed by atoms with Crippen molar-refractivity contribution in [1.82, 2.24) is 9.88 Å². The van der Waals surface area contributed by atoms with Crippen molar-refractivity contribution in [3.8, 4) is 0 Å². The van der Waals surface area contributed by atoms with Crippen molar-refractivity contribution < 1.29 is 14.3 Å². The predicted octanol–water partition coefficient (Wildman–Crippen LogP) is 2.57. The number of rotatable bonds is 7. The van der Waals surface area contributed by atoms with Gasteiger partial charge < -0.3 is 20.1 Å². The molecule has 27 heavy (non-hydrogen) atoms. The minimum Gasteiger partial charge on any atom is -0.377 e. The Hall–Kier alpha value is -1.50. The molecule has 0 bridgehead atoms. The lowest BCUT2D eigenvalue weighted by Crippen LogP contribution is -2.50. The zero-order valence-electron chi connectivity index (χ0n) is 16.8. The van der Waals surface area contributed by atoms with Crippen LogP contribution in [0, 0.1) is 11.8 Å². The van der Waals surface area contributed by atoms with Crippen LogP contribution in [-0.4, -0.2) is 55.7 Å². The number of hydrogen-bond donors (Lipinski definition) is 1. The van der Waals surface area contributed by atoms with Crippen LogP contribution in [0.25, 0.3) is 0 Å². The summed E-state index contributed by atoms with van der Waals surface area (Å²) >= 11 is 0. The lowest BCUT2D eigenvalue weighted by molar-refractivity contribution is -0.132. The molecule has 1 saturated carbocycles. The van der Waals surface area contributed by atoms with E-state index in [2.05, 4.69) is 23.9 Å². The molecule has 0 radical (unpaired) electrons. The summed E-state index contributed by atoms with van der Waals surface area (Å²) in [5.41, 5.74) is 6.35. The van der Waals surface area contributed by atoms with Gasteiger partial charge in [0.2, 0.25) is 0 Å². The minimum absolute atomic E-state index is 0.299. The molecular formula is C21H33N3O3. The zero-order chi connectivity index (χ0) is 19.4. The molecule has 2 fully saturated rings. The molecule has 1 aromatic heterocycles. The van der Waals surface area contributed by atoms with E-state index in [9.17, 15) is 4.79 Å². The highest BCUT2D eigenvalue weighted by Crippen LogP contribution is 2.48. The summed E-state index contributed by atoms with van der Waals surface area (Å²) in [6.07, 6.45) is 7.72. The number of pyridine rings is 1. The van der Waals surface area contributed by atoms with Crippen LogP contribution in [-0.2, 0) is 15.1 Å². The minimum atomic E-state index is -0.501. The normalized spacial score (nSPS) is 31.3. The summed E-state index contributed by atoms with van der Waals surface area (Å²) in [4.78, 5) is 18.2. The number of aromatic nitrogens is 1. The van der Waals surface area contributed by atoms with E-state index >= 15 is 0 Å². The zero-order valence-corrected chi connectivity index (χ0v) is 16.8. The van der Waals surface area contributed by atoms with Crippen LogP contribution in [0.4, 0.5) is 0 Å². The maximum Gasteiger partial charge on any atom is 0.267 e. The second-order valence-corrected chi connectivity index (χ2v) is 8.18. The third-order valence-corrected chi connectivity index (χ3v) is 6.40. The highest BCUT2D eigenvalue weighted by Gasteiger charge is 2.48. The molecule has 6 heteroatoms. The largest absolute Gasteiger partial charge is 0.377 e. The van der Waals surface area contributed by atoms with E-state index in [-0.39, 0.29) is 0 Å². The second-order valence-electron chi connectivity index (χ2n) is 8.18. The standard InChI is InChI=1S/C21H33N3O3/c1-15-6-4-7-17(13-24(2)14-18-8-5-11-27-18)21(15,26-3)16-9-10-23-19(12-16)20(22)25/h9-10,12,15,17-18H,4-8,11,13-14H2,1-3H3,(H2,22,25). The van der Waals surface area contributed by atoms with E-state index < -0.39 is 11.5 Å². The van der Waals surface area contributed by atoms with Gasteiger partial charge in [0.15, 0.2) is 0 Å². The fourth-order valence-electron chi connectivity index (χ4n) is 5.13. The van der Waals surface area contributed by atoms with Gasteiger partial charge in [-0.2, -0.15) is 0 Å². The van der Waals surface area contributed by atoms with E-state index in [0.29, 0.717) is 23.6 Å². The van der Waals surface area contributed by atoms with Crippen molar-refractivity contribution in [3.05, 3.63) is 29.6 Å². The molecule has 1 aliphatic heterocycles. The Morgan fingerprint density at radius 1 is 1.37 bits per heavy atom. The third-order valence-electron chi connectivity index (χ3n) is 6.40. The van der Waals surface area contributed by atoms with Gasteiger partial charge in [0.05, 0.1) is 11.7 Å². The van der Waals surface area contributed by atoms with E-state index in [1.54, 1.807) is 13.3 Å². The van der Waals surface area contributed by atoms with Gasteiger partial charge in [0, 0.05) is 38.9 Å². The third kappa shape index (κ3) is 4.18. The highest BCUT2D eigenvalue weighted by molar-refractivity contribution is 5.90. The van der Waals surface area contributed by atoms with Crippen molar-refractivity contribution >= 4 is 5.91 Å². The first-order valence-electron chi connectivity index (χ1n) is 10.1. The first kappa shape index (κ1) is 20.2. The Balaban J connectivity index is 1.86. The number of ether oxygens (including phenoxy) is 2. The van der Waals surface area contributed by atoms with Crippen LogP contribution < -0.4 is 5.73 Å². The number of nitrogens with zero attached hydrogens (tertiary/aromatic N) is 2. The average Bonchev–Trinajstić information content (AvgIpc) is 3.15. The van der Waals surface area contributed by atoms with Gasteiger partial charge in [-0.1, -0.05) is 13.3 Å². The molecule has 1 amide bonds. The van der Waals surface area contributed by atoms with Crippen LogP contribution in [0.2, 0.25) is 0 Å². The summed E-state index contributed by atoms with van der Waals surface area (Å²) in [6, 6.07) is 3.80. The van der Waals surface area contributed by atoms with Crippen molar-refractivity contribution in [2.24, 2.45) is 17.6 Å². The summed E-state index contributed by atoms with van der Waals surface area (Å²) < 4.78 is 12.1.